The molecule has 3 heteroatoms. The Kier molecular flexibility index (Phi) is 5.06. The summed E-state index contributed by atoms with van der Waals surface area (Å²) < 4.78 is 5.40. The third kappa shape index (κ3) is 3.15. The zero-order valence-electron chi connectivity index (χ0n) is 12.9. The van der Waals surface area contributed by atoms with Gasteiger partial charge in [0.05, 0.1) is 7.11 Å². The molecule has 1 heterocycles. The van der Waals surface area contributed by atoms with Gasteiger partial charge in [0.1, 0.15) is 11.9 Å². The molecule has 0 bridgehead atoms. The molecule has 0 radical (unpaired) electrons. The average molecular weight is 277 g/mol. The van der Waals surface area contributed by atoms with Gasteiger partial charge in [-0.3, -0.25) is 4.90 Å². The van der Waals surface area contributed by atoms with Crippen LogP contribution in [-0.4, -0.2) is 35.7 Å². The first-order valence-electron chi connectivity index (χ1n) is 7.63. The summed E-state index contributed by atoms with van der Waals surface area (Å²) in [6.45, 7) is 6.41. The Morgan fingerprint density at radius 1 is 1.10 bits per heavy atom. The lowest BCUT2D eigenvalue weighted by atomic mass is 9.88. The van der Waals surface area contributed by atoms with Gasteiger partial charge in [-0.05, 0) is 45.8 Å². The Morgan fingerprint density at radius 2 is 1.70 bits per heavy atom. The molecule has 1 fully saturated rings. The van der Waals surface area contributed by atoms with Crippen molar-refractivity contribution >= 4 is 0 Å². The molecule has 2 rings (SSSR count). The second-order valence-corrected chi connectivity index (χ2v) is 6.20. The predicted molar refractivity (Wildman–Crippen MR) is 82.1 cm³/mol. The molecule has 1 aromatic carbocycles. The van der Waals surface area contributed by atoms with Crippen LogP contribution < -0.4 is 4.74 Å². The molecule has 1 atom stereocenters. The molecule has 3 nitrogen and oxygen atoms in total. The highest BCUT2D eigenvalue weighted by Crippen LogP contribution is 2.36. The molecule has 0 saturated carbocycles. The van der Waals surface area contributed by atoms with Crippen molar-refractivity contribution in [2.75, 3.05) is 20.2 Å². The predicted octanol–water partition coefficient (Wildman–Crippen LogP) is 3.38. The van der Waals surface area contributed by atoms with Crippen molar-refractivity contribution in [3.05, 3.63) is 29.8 Å². The highest BCUT2D eigenvalue weighted by molar-refractivity contribution is 5.36. The standard InChI is InChI=1S/C17H27NO2/c1-17(2,18-12-8-4-5-9-13-18)16(19)14-10-6-7-11-15(14)20-3/h6-7,10-11,16,19H,4-5,8-9,12-13H2,1-3H3. The normalized spacial score (nSPS) is 19.4. The fourth-order valence-corrected chi connectivity index (χ4v) is 3.09. The first-order valence-corrected chi connectivity index (χ1v) is 7.63. The van der Waals surface area contributed by atoms with Gasteiger partial charge >= 0.3 is 0 Å². The topological polar surface area (TPSA) is 32.7 Å². The molecule has 1 aromatic rings. The summed E-state index contributed by atoms with van der Waals surface area (Å²) in [5.74, 6) is 0.767. The van der Waals surface area contributed by atoms with Crippen molar-refractivity contribution in [1.82, 2.24) is 4.90 Å². The van der Waals surface area contributed by atoms with Gasteiger partial charge in [-0.1, -0.05) is 31.0 Å². The Balaban J connectivity index is 2.22. The molecule has 0 amide bonds. The van der Waals surface area contributed by atoms with E-state index in [-0.39, 0.29) is 5.54 Å². The van der Waals surface area contributed by atoms with Crippen LogP contribution in [-0.2, 0) is 0 Å². The Bertz CT molecular complexity index is 423. The van der Waals surface area contributed by atoms with Crippen LogP contribution in [0.4, 0.5) is 0 Å². The van der Waals surface area contributed by atoms with Crippen LogP contribution in [0.1, 0.15) is 51.2 Å². The molecule has 0 aromatic heterocycles. The van der Waals surface area contributed by atoms with Crippen molar-refractivity contribution in [3.63, 3.8) is 0 Å². The zero-order valence-corrected chi connectivity index (χ0v) is 12.9. The highest BCUT2D eigenvalue weighted by atomic mass is 16.5. The van der Waals surface area contributed by atoms with Crippen LogP contribution in [0.15, 0.2) is 24.3 Å². The Morgan fingerprint density at radius 3 is 2.30 bits per heavy atom. The van der Waals surface area contributed by atoms with Crippen LogP contribution >= 0.6 is 0 Å². The molecule has 112 valence electrons. The minimum Gasteiger partial charge on any atom is -0.496 e. The van der Waals surface area contributed by atoms with Gasteiger partial charge in [-0.2, -0.15) is 0 Å². The smallest absolute Gasteiger partial charge is 0.124 e. The molecular weight excluding hydrogens is 250 g/mol. The van der Waals surface area contributed by atoms with Crippen LogP contribution in [0.5, 0.6) is 5.75 Å². The zero-order chi connectivity index (χ0) is 14.6. The van der Waals surface area contributed by atoms with Crippen molar-refractivity contribution < 1.29 is 9.84 Å². The van der Waals surface area contributed by atoms with E-state index in [0.29, 0.717) is 0 Å². The lowest BCUT2D eigenvalue weighted by Crippen LogP contribution is -2.48. The van der Waals surface area contributed by atoms with E-state index in [0.717, 1.165) is 24.4 Å². The Hall–Kier alpha value is -1.06. The van der Waals surface area contributed by atoms with Crippen LogP contribution in [0.3, 0.4) is 0 Å². The lowest BCUT2D eigenvalue weighted by molar-refractivity contribution is -0.0111. The van der Waals surface area contributed by atoms with E-state index in [9.17, 15) is 5.11 Å². The monoisotopic (exact) mass is 277 g/mol. The molecule has 1 aliphatic heterocycles. The number of ether oxygens (including phenoxy) is 1. The number of para-hydroxylation sites is 1. The summed E-state index contributed by atoms with van der Waals surface area (Å²) in [6.07, 6.45) is 4.51. The highest BCUT2D eigenvalue weighted by Gasteiger charge is 2.36. The molecule has 1 unspecified atom stereocenters. The summed E-state index contributed by atoms with van der Waals surface area (Å²) >= 11 is 0. The van der Waals surface area contributed by atoms with Gasteiger partial charge in [-0.15, -0.1) is 0 Å². The second kappa shape index (κ2) is 6.59. The van der Waals surface area contributed by atoms with E-state index in [1.165, 1.54) is 25.7 Å². The molecule has 0 spiro atoms. The van der Waals surface area contributed by atoms with Gasteiger partial charge < -0.3 is 9.84 Å². The molecule has 20 heavy (non-hydrogen) atoms. The number of rotatable bonds is 4. The van der Waals surface area contributed by atoms with E-state index < -0.39 is 6.10 Å². The van der Waals surface area contributed by atoms with E-state index >= 15 is 0 Å². The van der Waals surface area contributed by atoms with Crippen molar-refractivity contribution in [1.29, 1.82) is 0 Å². The van der Waals surface area contributed by atoms with Crippen LogP contribution in [0, 0.1) is 0 Å². The van der Waals surface area contributed by atoms with Crippen molar-refractivity contribution in [2.45, 2.75) is 51.2 Å². The van der Waals surface area contributed by atoms with Gasteiger partial charge in [0.25, 0.3) is 0 Å². The number of benzene rings is 1. The summed E-state index contributed by atoms with van der Waals surface area (Å²) in [7, 11) is 1.66. The number of methoxy groups -OCH3 is 1. The molecule has 1 N–H and O–H groups in total. The second-order valence-electron chi connectivity index (χ2n) is 6.20. The molecule has 0 aliphatic carbocycles. The first kappa shape index (κ1) is 15.3. The summed E-state index contributed by atoms with van der Waals surface area (Å²) in [5, 5.41) is 10.9. The van der Waals surface area contributed by atoms with E-state index in [2.05, 4.69) is 18.7 Å². The maximum atomic E-state index is 10.9. The number of hydrogen-bond donors (Lipinski definition) is 1. The van der Waals surface area contributed by atoms with Crippen LogP contribution in [0.25, 0.3) is 0 Å². The van der Waals surface area contributed by atoms with Gasteiger partial charge in [-0.25, -0.2) is 0 Å². The minimum absolute atomic E-state index is 0.279. The number of aliphatic hydroxyl groups is 1. The first-order chi connectivity index (χ1) is 9.57. The minimum atomic E-state index is -0.545. The van der Waals surface area contributed by atoms with Gasteiger partial charge in [0, 0.05) is 11.1 Å². The molecule has 1 saturated heterocycles. The fraction of sp³-hybridized carbons (Fsp3) is 0.647. The van der Waals surface area contributed by atoms with Gasteiger partial charge in [0.2, 0.25) is 0 Å². The molecule has 1 aliphatic rings. The summed E-state index contributed by atoms with van der Waals surface area (Å²) in [4.78, 5) is 2.43. The number of nitrogens with zero attached hydrogens (tertiary/aromatic N) is 1. The quantitative estimate of drug-likeness (QED) is 0.915. The maximum absolute atomic E-state index is 10.9. The van der Waals surface area contributed by atoms with E-state index in [1.807, 2.05) is 24.3 Å². The number of likely N-dealkylation sites (tertiary alicyclic amines) is 1. The largest absolute Gasteiger partial charge is 0.496 e. The summed E-state index contributed by atoms with van der Waals surface area (Å²) in [5.41, 5.74) is 0.600. The van der Waals surface area contributed by atoms with Crippen molar-refractivity contribution in [2.24, 2.45) is 0 Å². The van der Waals surface area contributed by atoms with Gasteiger partial charge in [0.15, 0.2) is 0 Å². The Labute approximate surface area is 122 Å². The maximum Gasteiger partial charge on any atom is 0.124 e. The van der Waals surface area contributed by atoms with Crippen LogP contribution in [0.2, 0.25) is 0 Å². The average Bonchev–Trinajstić information content (AvgIpc) is 2.76. The molecular formula is C17H27NO2. The van der Waals surface area contributed by atoms with E-state index in [4.69, 9.17) is 4.74 Å². The summed E-state index contributed by atoms with van der Waals surface area (Å²) in [6, 6.07) is 7.77. The number of hydrogen-bond acceptors (Lipinski definition) is 3. The fourth-order valence-electron chi connectivity index (χ4n) is 3.09. The number of aliphatic hydroxyl groups excluding tert-OH is 1. The lowest BCUT2D eigenvalue weighted by Gasteiger charge is -2.42. The van der Waals surface area contributed by atoms with Crippen molar-refractivity contribution in [3.8, 4) is 5.75 Å². The third-order valence-electron chi connectivity index (χ3n) is 4.52. The van der Waals surface area contributed by atoms with E-state index in [1.54, 1.807) is 7.11 Å². The SMILES string of the molecule is COc1ccccc1C(O)C(C)(C)N1CCCCCC1. The third-order valence-corrected chi connectivity index (χ3v) is 4.52.